The molecule has 1 rings (SSSR count). The molecule has 1 amide bonds. The van der Waals surface area contributed by atoms with Crippen molar-refractivity contribution in [2.45, 2.75) is 77.2 Å². The average molecular weight is 286 g/mol. The van der Waals surface area contributed by atoms with E-state index in [-0.39, 0.29) is 18.2 Å². The molecule has 0 aromatic rings. The highest BCUT2D eigenvalue weighted by Crippen LogP contribution is 2.19. The van der Waals surface area contributed by atoms with Gasteiger partial charge in [-0.3, -0.25) is 0 Å². The molecule has 1 unspecified atom stereocenters. The van der Waals surface area contributed by atoms with Crippen LogP contribution in [-0.4, -0.2) is 43.5 Å². The van der Waals surface area contributed by atoms with Gasteiger partial charge in [-0.15, -0.1) is 0 Å². The molecule has 0 heterocycles. The molecule has 5 nitrogen and oxygen atoms in total. The Hall–Kier alpha value is -0.810. The summed E-state index contributed by atoms with van der Waals surface area (Å²) in [6.45, 7) is 8.58. The number of methoxy groups -OCH3 is 1. The van der Waals surface area contributed by atoms with E-state index in [2.05, 4.69) is 17.6 Å². The Labute approximate surface area is 122 Å². The van der Waals surface area contributed by atoms with Gasteiger partial charge in [0.2, 0.25) is 0 Å². The smallest absolute Gasteiger partial charge is 0.407 e. The highest BCUT2D eigenvalue weighted by atomic mass is 16.6. The molecule has 1 saturated carbocycles. The number of ether oxygens (including phenoxy) is 2. The maximum Gasteiger partial charge on any atom is 0.407 e. The molecule has 20 heavy (non-hydrogen) atoms. The minimum Gasteiger partial charge on any atom is -0.444 e. The molecule has 1 aliphatic carbocycles. The van der Waals surface area contributed by atoms with Crippen LogP contribution < -0.4 is 10.6 Å². The Morgan fingerprint density at radius 1 is 1.20 bits per heavy atom. The molecule has 1 fully saturated rings. The van der Waals surface area contributed by atoms with E-state index in [1.165, 1.54) is 0 Å². The Balaban J connectivity index is 2.20. The Morgan fingerprint density at radius 3 is 2.25 bits per heavy atom. The molecule has 0 aromatic carbocycles. The van der Waals surface area contributed by atoms with Crippen LogP contribution in [0.5, 0.6) is 0 Å². The molecular weight excluding hydrogens is 256 g/mol. The van der Waals surface area contributed by atoms with Gasteiger partial charge in [0, 0.05) is 25.7 Å². The molecule has 2 N–H and O–H groups in total. The first kappa shape index (κ1) is 17.2. The third-order valence-corrected chi connectivity index (χ3v) is 3.54. The van der Waals surface area contributed by atoms with E-state index >= 15 is 0 Å². The highest BCUT2D eigenvalue weighted by Gasteiger charge is 2.24. The fourth-order valence-electron chi connectivity index (χ4n) is 2.33. The second-order valence-electron chi connectivity index (χ2n) is 6.65. The lowest BCUT2D eigenvalue weighted by atomic mass is 9.91. The lowest BCUT2D eigenvalue weighted by Crippen LogP contribution is -2.45. The summed E-state index contributed by atoms with van der Waals surface area (Å²) in [6.07, 6.45) is 4.10. The van der Waals surface area contributed by atoms with Gasteiger partial charge in [-0.2, -0.15) is 0 Å². The largest absolute Gasteiger partial charge is 0.444 e. The van der Waals surface area contributed by atoms with Crippen LogP contribution in [0.3, 0.4) is 0 Å². The van der Waals surface area contributed by atoms with Crippen molar-refractivity contribution in [3.63, 3.8) is 0 Å². The van der Waals surface area contributed by atoms with E-state index in [1.807, 2.05) is 20.8 Å². The molecule has 1 aliphatic rings. The van der Waals surface area contributed by atoms with Crippen LogP contribution in [0.4, 0.5) is 4.79 Å². The Morgan fingerprint density at radius 2 is 1.75 bits per heavy atom. The van der Waals surface area contributed by atoms with Crippen LogP contribution in [0, 0.1) is 0 Å². The van der Waals surface area contributed by atoms with Crippen molar-refractivity contribution >= 4 is 6.09 Å². The minimum absolute atomic E-state index is 0.239. The van der Waals surface area contributed by atoms with E-state index < -0.39 is 5.60 Å². The average Bonchev–Trinajstić information content (AvgIpc) is 2.35. The van der Waals surface area contributed by atoms with Crippen LogP contribution in [0.25, 0.3) is 0 Å². The Kier molecular flexibility index (Phi) is 6.76. The second kappa shape index (κ2) is 7.84. The van der Waals surface area contributed by atoms with Gasteiger partial charge in [-0.25, -0.2) is 4.79 Å². The summed E-state index contributed by atoms with van der Waals surface area (Å²) < 4.78 is 10.5. The third-order valence-electron chi connectivity index (χ3n) is 3.54. The predicted octanol–water partition coefficient (Wildman–Crippen LogP) is 2.45. The van der Waals surface area contributed by atoms with E-state index in [0.717, 1.165) is 32.2 Å². The van der Waals surface area contributed by atoms with Crippen molar-refractivity contribution in [3.05, 3.63) is 0 Å². The van der Waals surface area contributed by atoms with Crippen molar-refractivity contribution in [2.24, 2.45) is 0 Å². The molecule has 5 heteroatoms. The van der Waals surface area contributed by atoms with Crippen LogP contribution in [0.2, 0.25) is 0 Å². The maximum atomic E-state index is 11.7. The van der Waals surface area contributed by atoms with E-state index in [4.69, 9.17) is 9.47 Å². The van der Waals surface area contributed by atoms with Crippen LogP contribution >= 0.6 is 0 Å². The van der Waals surface area contributed by atoms with Gasteiger partial charge >= 0.3 is 6.09 Å². The van der Waals surface area contributed by atoms with Crippen LogP contribution in [0.1, 0.15) is 53.4 Å². The Bertz CT molecular complexity index is 294. The quantitative estimate of drug-likeness (QED) is 0.815. The van der Waals surface area contributed by atoms with Gasteiger partial charge < -0.3 is 20.1 Å². The monoisotopic (exact) mass is 286 g/mol. The number of alkyl carbamates (subject to hydrolysis) is 1. The van der Waals surface area contributed by atoms with Gasteiger partial charge in [0.15, 0.2) is 0 Å². The fourth-order valence-corrected chi connectivity index (χ4v) is 2.33. The zero-order valence-electron chi connectivity index (χ0n) is 13.5. The molecule has 0 aromatic heterocycles. The summed E-state index contributed by atoms with van der Waals surface area (Å²) >= 11 is 0. The normalized spacial score (nSPS) is 25.1. The van der Waals surface area contributed by atoms with Gasteiger partial charge in [-0.05, 0) is 53.4 Å². The first-order chi connectivity index (χ1) is 9.30. The molecule has 0 bridgehead atoms. The van der Waals surface area contributed by atoms with Crippen molar-refractivity contribution in [1.82, 2.24) is 10.6 Å². The summed E-state index contributed by atoms with van der Waals surface area (Å²) in [6, 6.07) is 0.770. The van der Waals surface area contributed by atoms with Crippen molar-refractivity contribution < 1.29 is 14.3 Å². The molecule has 1 atom stereocenters. The lowest BCUT2D eigenvalue weighted by Gasteiger charge is -2.31. The number of rotatable bonds is 5. The van der Waals surface area contributed by atoms with Crippen molar-refractivity contribution in [3.8, 4) is 0 Å². The standard InChI is InChI=1S/C15H30N2O3/c1-11(19-5)10-16-12-6-8-13(9-7-12)17-14(18)20-15(2,3)4/h11-13,16H,6-10H2,1-5H3,(H,17,18). The lowest BCUT2D eigenvalue weighted by molar-refractivity contribution is 0.0488. The van der Waals surface area contributed by atoms with E-state index in [0.29, 0.717) is 6.04 Å². The van der Waals surface area contributed by atoms with E-state index in [1.54, 1.807) is 7.11 Å². The predicted molar refractivity (Wildman–Crippen MR) is 79.9 cm³/mol. The minimum atomic E-state index is -0.431. The van der Waals surface area contributed by atoms with Gasteiger partial charge in [0.25, 0.3) is 0 Å². The molecule has 0 aliphatic heterocycles. The first-order valence-corrected chi connectivity index (χ1v) is 7.56. The number of hydrogen-bond acceptors (Lipinski definition) is 4. The molecular formula is C15H30N2O3. The summed E-state index contributed by atoms with van der Waals surface area (Å²) in [4.78, 5) is 11.7. The first-order valence-electron chi connectivity index (χ1n) is 7.56. The van der Waals surface area contributed by atoms with Crippen LogP contribution in [-0.2, 0) is 9.47 Å². The number of nitrogens with one attached hydrogen (secondary N) is 2. The van der Waals surface area contributed by atoms with E-state index in [9.17, 15) is 4.79 Å². The summed E-state index contributed by atoms with van der Waals surface area (Å²) in [5, 5.41) is 6.47. The van der Waals surface area contributed by atoms with Gasteiger partial charge in [-0.1, -0.05) is 0 Å². The number of amides is 1. The maximum absolute atomic E-state index is 11.7. The molecule has 0 saturated heterocycles. The highest BCUT2D eigenvalue weighted by molar-refractivity contribution is 5.68. The number of carbonyl (C=O) groups excluding carboxylic acids is 1. The van der Waals surface area contributed by atoms with Crippen LogP contribution in [0.15, 0.2) is 0 Å². The molecule has 0 spiro atoms. The van der Waals surface area contributed by atoms with Crippen molar-refractivity contribution in [1.29, 1.82) is 0 Å². The van der Waals surface area contributed by atoms with Gasteiger partial charge in [0.1, 0.15) is 5.60 Å². The molecule has 118 valence electrons. The summed E-state index contributed by atoms with van der Waals surface area (Å²) in [7, 11) is 1.73. The zero-order valence-corrected chi connectivity index (χ0v) is 13.5. The SMILES string of the molecule is COC(C)CNC1CCC(NC(=O)OC(C)(C)C)CC1. The summed E-state index contributed by atoms with van der Waals surface area (Å²) in [5.41, 5.74) is -0.431. The summed E-state index contributed by atoms with van der Waals surface area (Å²) in [5.74, 6) is 0. The van der Waals surface area contributed by atoms with Crippen molar-refractivity contribution in [2.75, 3.05) is 13.7 Å². The molecule has 0 radical (unpaired) electrons. The third kappa shape index (κ3) is 7.10. The topological polar surface area (TPSA) is 59.6 Å². The zero-order chi connectivity index (χ0) is 15.2. The number of hydrogen-bond donors (Lipinski definition) is 2. The number of carbonyl (C=O) groups is 1. The fraction of sp³-hybridized carbons (Fsp3) is 0.933. The van der Waals surface area contributed by atoms with Gasteiger partial charge in [0.05, 0.1) is 6.10 Å². The second-order valence-corrected chi connectivity index (χ2v) is 6.65.